The number of piperidine rings is 1. The van der Waals surface area contributed by atoms with Gasteiger partial charge in [0.2, 0.25) is 17.8 Å². The van der Waals surface area contributed by atoms with Gasteiger partial charge in [0.25, 0.3) is 0 Å². The molecule has 0 saturated carbocycles. The van der Waals surface area contributed by atoms with Crippen LogP contribution in [0.4, 0.5) is 5.95 Å². The van der Waals surface area contributed by atoms with Gasteiger partial charge >= 0.3 is 0 Å². The van der Waals surface area contributed by atoms with Crippen molar-refractivity contribution in [3.05, 3.63) is 18.5 Å². The number of aromatic nitrogens is 2. The van der Waals surface area contributed by atoms with Crippen LogP contribution in [0.25, 0.3) is 0 Å². The first-order chi connectivity index (χ1) is 11.0. The van der Waals surface area contributed by atoms with Crippen LogP contribution >= 0.6 is 0 Å². The SMILES string of the molecule is CC(=O)NC1CN(C(C)=O)C2(CCN(c3ncccn3)CC2)C1. The average Bonchev–Trinajstić information content (AvgIpc) is 2.86. The van der Waals surface area contributed by atoms with E-state index < -0.39 is 0 Å². The molecule has 23 heavy (non-hydrogen) atoms. The first kappa shape index (κ1) is 15.7. The number of carbonyl (C=O) groups excluding carboxylic acids is 2. The quantitative estimate of drug-likeness (QED) is 0.863. The minimum absolute atomic E-state index is 0.0364. The fraction of sp³-hybridized carbons (Fsp3) is 0.625. The summed E-state index contributed by atoms with van der Waals surface area (Å²) in [5.74, 6) is 0.793. The summed E-state index contributed by atoms with van der Waals surface area (Å²) in [4.78, 5) is 36.1. The maximum absolute atomic E-state index is 12.1. The van der Waals surface area contributed by atoms with Crippen molar-refractivity contribution in [3.8, 4) is 0 Å². The molecule has 0 aliphatic carbocycles. The number of likely N-dealkylation sites (tertiary alicyclic amines) is 1. The van der Waals surface area contributed by atoms with E-state index in [-0.39, 0.29) is 23.4 Å². The summed E-state index contributed by atoms with van der Waals surface area (Å²) in [5, 5.41) is 2.97. The number of hydrogen-bond donors (Lipinski definition) is 1. The zero-order chi connectivity index (χ0) is 16.4. The zero-order valence-corrected chi connectivity index (χ0v) is 13.7. The maximum Gasteiger partial charge on any atom is 0.225 e. The molecule has 2 aliphatic heterocycles. The number of rotatable bonds is 2. The molecule has 0 radical (unpaired) electrons. The van der Waals surface area contributed by atoms with Gasteiger partial charge in [0.1, 0.15) is 0 Å². The van der Waals surface area contributed by atoms with Gasteiger partial charge in [-0.2, -0.15) is 0 Å². The van der Waals surface area contributed by atoms with Crippen LogP contribution < -0.4 is 10.2 Å². The van der Waals surface area contributed by atoms with E-state index in [0.717, 1.165) is 38.3 Å². The Bertz CT molecular complexity index is 583. The van der Waals surface area contributed by atoms with Gasteiger partial charge in [-0.3, -0.25) is 9.59 Å². The number of carbonyl (C=O) groups is 2. The summed E-state index contributed by atoms with van der Waals surface area (Å²) in [6.07, 6.45) is 6.07. The third-order valence-electron chi connectivity index (χ3n) is 4.92. The smallest absolute Gasteiger partial charge is 0.225 e. The molecule has 124 valence electrons. The Balaban J connectivity index is 1.71. The summed E-state index contributed by atoms with van der Waals surface area (Å²) >= 11 is 0. The van der Waals surface area contributed by atoms with Crippen LogP contribution in [-0.2, 0) is 9.59 Å². The molecule has 1 aromatic heterocycles. The highest BCUT2D eigenvalue weighted by Crippen LogP contribution is 2.39. The standard InChI is InChI=1S/C16H23N5O2/c1-12(22)19-14-10-16(21(11-14)13(2)23)4-8-20(9-5-16)15-17-6-3-7-18-15/h3,6-7,14H,4-5,8-11H2,1-2H3,(H,19,22). The lowest BCUT2D eigenvalue weighted by atomic mass is 9.84. The van der Waals surface area contributed by atoms with E-state index in [1.54, 1.807) is 25.4 Å². The number of nitrogens with one attached hydrogen (secondary N) is 1. The zero-order valence-electron chi connectivity index (χ0n) is 13.7. The van der Waals surface area contributed by atoms with Crippen LogP contribution in [0.2, 0.25) is 0 Å². The van der Waals surface area contributed by atoms with Gasteiger partial charge in [0.15, 0.2) is 0 Å². The fourth-order valence-electron chi connectivity index (χ4n) is 3.95. The molecular weight excluding hydrogens is 294 g/mol. The summed E-state index contributed by atoms with van der Waals surface area (Å²) < 4.78 is 0. The molecule has 1 spiro atoms. The van der Waals surface area contributed by atoms with E-state index in [9.17, 15) is 9.59 Å². The van der Waals surface area contributed by atoms with E-state index in [0.29, 0.717) is 6.54 Å². The van der Waals surface area contributed by atoms with Crippen LogP contribution in [0.15, 0.2) is 18.5 Å². The summed E-state index contributed by atoms with van der Waals surface area (Å²) in [6, 6.07) is 1.86. The highest BCUT2D eigenvalue weighted by atomic mass is 16.2. The van der Waals surface area contributed by atoms with Gasteiger partial charge in [0.05, 0.1) is 0 Å². The van der Waals surface area contributed by atoms with Crippen LogP contribution in [0.1, 0.15) is 33.1 Å². The molecule has 2 aliphatic rings. The molecule has 2 amide bonds. The van der Waals surface area contributed by atoms with E-state index >= 15 is 0 Å². The van der Waals surface area contributed by atoms with Crippen molar-refractivity contribution in [3.63, 3.8) is 0 Å². The second-order valence-electron chi connectivity index (χ2n) is 6.49. The maximum atomic E-state index is 12.1. The molecule has 3 rings (SSSR count). The normalized spacial score (nSPS) is 23.1. The minimum atomic E-state index is -0.149. The first-order valence-electron chi connectivity index (χ1n) is 8.07. The van der Waals surface area contributed by atoms with Crippen molar-refractivity contribution in [2.24, 2.45) is 0 Å². The predicted molar refractivity (Wildman–Crippen MR) is 85.8 cm³/mol. The lowest BCUT2D eigenvalue weighted by Crippen LogP contribution is -2.53. The van der Waals surface area contributed by atoms with E-state index in [1.807, 2.05) is 4.90 Å². The third-order valence-corrected chi connectivity index (χ3v) is 4.92. The first-order valence-corrected chi connectivity index (χ1v) is 8.07. The molecule has 2 fully saturated rings. The van der Waals surface area contributed by atoms with Gasteiger partial charge in [-0.05, 0) is 25.3 Å². The van der Waals surface area contributed by atoms with E-state index in [1.165, 1.54) is 6.92 Å². The molecule has 1 unspecified atom stereocenters. The lowest BCUT2D eigenvalue weighted by Gasteiger charge is -2.44. The average molecular weight is 317 g/mol. The van der Waals surface area contributed by atoms with Crippen LogP contribution in [0.3, 0.4) is 0 Å². The Morgan fingerprint density at radius 2 is 1.87 bits per heavy atom. The molecule has 1 atom stereocenters. The molecule has 2 saturated heterocycles. The van der Waals surface area contributed by atoms with E-state index in [4.69, 9.17) is 0 Å². The van der Waals surface area contributed by atoms with Crippen molar-refractivity contribution < 1.29 is 9.59 Å². The van der Waals surface area contributed by atoms with Gasteiger partial charge in [-0.15, -0.1) is 0 Å². The molecular formula is C16H23N5O2. The molecule has 0 aromatic carbocycles. The second-order valence-corrected chi connectivity index (χ2v) is 6.49. The Morgan fingerprint density at radius 3 is 2.43 bits per heavy atom. The van der Waals surface area contributed by atoms with Gasteiger partial charge in [0, 0.05) is 57.5 Å². The van der Waals surface area contributed by atoms with Crippen LogP contribution in [-0.4, -0.2) is 57.9 Å². The third kappa shape index (κ3) is 3.13. The van der Waals surface area contributed by atoms with Gasteiger partial charge in [-0.25, -0.2) is 9.97 Å². The lowest BCUT2D eigenvalue weighted by molar-refractivity contribution is -0.133. The highest BCUT2D eigenvalue weighted by molar-refractivity contribution is 5.76. The van der Waals surface area contributed by atoms with Crippen molar-refractivity contribution in [1.29, 1.82) is 0 Å². The molecule has 7 heteroatoms. The molecule has 1 N–H and O–H groups in total. The number of amides is 2. The van der Waals surface area contributed by atoms with Gasteiger partial charge in [-0.1, -0.05) is 0 Å². The number of nitrogens with zero attached hydrogens (tertiary/aromatic N) is 4. The monoisotopic (exact) mass is 317 g/mol. The topological polar surface area (TPSA) is 78.4 Å². The van der Waals surface area contributed by atoms with Crippen molar-refractivity contribution >= 4 is 17.8 Å². The van der Waals surface area contributed by atoms with Gasteiger partial charge < -0.3 is 15.1 Å². The molecule has 7 nitrogen and oxygen atoms in total. The molecule has 1 aromatic rings. The number of hydrogen-bond acceptors (Lipinski definition) is 5. The Kier molecular flexibility index (Phi) is 4.19. The Labute approximate surface area is 136 Å². The largest absolute Gasteiger partial charge is 0.352 e. The summed E-state index contributed by atoms with van der Waals surface area (Å²) in [5.41, 5.74) is -0.149. The molecule has 0 bridgehead atoms. The highest BCUT2D eigenvalue weighted by Gasteiger charge is 2.48. The summed E-state index contributed by atoms with van der Waals surface area (Å²) in [6.45, 7) is 5.39. The second kappa shape index (κ2) is 6.14. The van der Waals surface area contributed by atoms with E-state index in [2.05, 4.69) is 20.2 Å². The summed E-state index contributed by atoms with van der Waals surface area (Å²) in [7, 11) is 0. The van der Waals surface area contributed by atoms with Crippen LogP contribution in [0.5, 0.6) is 0 Å². The number of anilines is 1. The van der Waals surface area contributed by atoms with Crippen LogP contribution in [0, 0.1) is 0 Å². The van der Waals surface area contributed by atoms with Crippen molar-refractivity contribution in [2.45, 2.75) is 44.7 Å². The Hall–Kier alpha value is -2.18. The minimum Gasteiger partial charge on any atom is -0.352 e. The Morgan fingerprint density at radius 1 is 1.22 bits per heavy atom. The van der Waals surface area contributed by atoms with Crippen molar-refractivity contribution in [2.75, 3.05) is 24.5 Å². The van der Waals surface area contributed by atoms with Crippen molar-refractivity contribution in [1.82, 2.24) is 20.2 Å². The predicted octanol–water partition coefficient (Wildman–Crippen LogP) is 0.573. The molecule has 3 heterocycles. The fourth-order valence-corrected chi connectivity index (χ4v) is 3.95.